The average Bonchev–Trinajstić information content (AvgIpc) is 2.24. The molecule has 0 aromatic heterocycles. The van der Waals surface area contributed by atoms with Gasteiger partial charge in [-0.3, -0.25) is 0 Å². The second-order valence-electron chi connectivity index (χ2n) is 5.02. The number of rotatable bonds is 5. The molecular weight excluding hydrogens is 230 g/mol. The molecule has 0 heterocycles. The molecule has 0 radical (unpaired) electrons. The van der Waals surface area contributed by atoms with Crippen LogP contribution in [0, 0.1) is 6.92 Å². The van der Waals surface area contributed by atoms with Crippen LogP contribution in [-0.2, 0) is 4.74 Å². The molecular formula is C13H19N3O2. The van der Waals surface area contributed by atoms with E-state index in [2.05, 4.69) is 10.0 Å². The number of nitrogens with zero attached hydrogens (tertiary/aromatic N) is 3. The van der Waals surface area contributed by atoms with Gasteiger partial charge in [-0.25, -0.2) is 0 Å². The third kappa shape index (κ3) is 5.57. The van der Waals surface area contributed by atoms with E-state index in [0.717, 1.165) is 11.3 Å². The summed E-state index contributed by atoms with van der Waals surface area (Å²) in [4.78, 5) is 2.77. The smallest absolute Gasteiger partial charge is 0.171 e. The minimum Gasteiger partial charge on any atom is -0.491 e. The molecule has 0 aliphatic carbocycles. The van der Waals surface area contributed by atoms with Crippen molar-refractivity contribution in [3.63, 3.8) is 0 Å². The molecule has 5 nitrogen and oxygen atoms in total. The SMILES string of the molecule is Cc1cccc(OCC(N=[N+]=[N-])OC(C)(C)C)c1. The summed E-state index contributed by atoms with van der Waals surface area (Å²) in [5, 5.41) is 3.58. The zero-order valence-electron chi connectivity index (χ0n) is 11.3. The Morgan fingerprint density at radius 2 is 2.11 bits per heavy atom. The fraction of sp³-hybridized carbons (Fsp3) is 0.538. The molecule has 0 aliphatic heterocycles. The maximum atomic E-state index is 8.50. The number of ether oxygens (including phenoxy) is 2. The van der Waals surface area contributed by atoms with Crippen molar-refractivity contribution in [2.24, 2.45) is 5.11 Å². The molecule has 5 heteroatoms. The van der Waals surface area contributed by atoms with Crippen LogP contribution < -0.4 is 4.74 Å². The molecule has 1 aromatic carbocycles. The second kappa shape index (κ2) is 6.28. The van der Waals surface area contributed by atoms with Crippen molar-refractivity contribution >= 4 is 0 Å². The van der Waals surface area contributed by atoms with Gasteiger partial charge in [-0.05, 0) is 50.9 Å². The van der Waals surface area contributed by atoms with E-state index in [1.165, 1.54) is 0 Å². The molecule has 0 spiro atoms. The van der Waals surface area contributed by atoms with Crippen molar-refractivity contribution in [1.82, 2.24) is 0 Å². The average molecular weight is 249 g/mol. The first-order chi connectivity index (χ1) is 8.40. The van der Waals surface area contributed by atoms with Crippen LogP contribution in [0.1, 0.15) is 26.3 Å². The van der Waals surface area contributed by atoms with E-state index in [1.807, 2.05) is 52.0 Å². The highest BCUT2D eigenvalue weighted by Gasteiger charge is 2.18. The van der Waals surface area contributed by atoms with E-state index in [-0.39, 0.29) is 12.2 Å². The maximum absolute atomic E-state index is 8.50. The van der Waals surface area contributed by atoms with Crippen molar-refractivity contribution in [3.8, 4) is 5.75 Å². The van der Waals surface area contributed by atoms with Crippen molar-refractivity contribution < 1.29 is 9.47 Å². The highest BCUT2D eigenvalue weighted by atomic mass is 16.6. The molecule has 0 aliphatic rings. The van der Waals surface area contributed by atoms with E-state index in [0.29, 0.717) is 0 Å². The van der Waals surface area contributed by atoms with Crippen LogP contribution in [0.4, 0.5) is 0 Å². The van der Waals surface area contributed by atoms with Gasteiger partial charge in [0.2, 0.25) is 0 Å². The molecule has 18 heavy (non-hydrogen) atoms. The fourth-order valence-corrected chi connectivity index (χ4v) is 1.43. The summed E-state index contributed by atoms with van der Waals surface area (Å²) in [6, 6.07) is 7.68. The molecule has 1 rings (SSSR count). The quantitative estimate of drug-likeness (QED) is 0.452. The summed E-state index contributed by atoms with van der Waals surface area (Å²) in [6.07, 6.45) is -0.629. The van der Waals surface area contributed by atoms with E-state index >= 15 is 0 Å². The van der Waals surface area contributed by atoms with Crippen molar-refractivity contribution in [3.05, 3.63) is 40.3 Å². The van der Waals surface area contributed by atoms with Gasteiger partial charge in [0, 0.05) is 4.91 Å². The zero-order chi connectivity index (χ0) is 13.6. The van der Waals surface area contributed by atoms with Gasteiger partial charge < -0.3 is 9.47 Å². The zero-order valence-corrected chi connectivity index (χ0v) is 11.3. The lowest BCUT2D eigenvalue weighted by Gasteiger charge is -2.24. The van der Waals surface area contributed by atoms with Gasteiger partial charge in [0.25, 0.3) is 0 Å². The van der Waals surface area contributed by atoms with Gasteiger partial charge in [-0.1, -0.05) is 17.2 Å². The highest BCUT2D eigenvalue weighted by Crippen LogP contribution is 2.16. The molecule has 0 bridgehead atoms. The molecule has 1 aromatic rings. The highest BCUT2D eigenvalue weighted by molar-refractivity contribution is 5.27. The summed E-state index contributed by atoms with van der Waals surface area (Å²) < 4.78 is 11.1. The molecule has 0 N–H and O–H groups in total. The monoisotopic (exact) mass is 249 g/mol. The molecule has 1 unspecified atom stereocenters. The Kier molecular flexibility index (Phi) is 5.01. The van der Waals surface area contributed by atoms with Gasteiger partial charge in [0.15, 0.2) is 6.23 Å². The Bertz CT molecular complexity index is 434. The molecule has 0 saturated heterocycles. The molecule has 0 saturated carbocycles. The van der Waals surface area contributed by atoms with Crippen molar-refractivity contribution in [2.75, 3.05) is 6.61 Å². The van der Waals surface area contributed by atoms with Crippen LogP contribution in [0.3, 0.4) is 0 Å². The van der Waals surface area contributed by atoms with Gasteiger partial charge >= 0.3 is 0 Å². The summed E-state index contributed by atoms with van der Waals surface area (Å²) >= 11 is 0. The van der Waals surface area contributed by atoms with Gasteiger partial charge in [-0.15, -0.1) is 0 Å². The normalized spacial score (nSPS) is 12.7. The minimum absolute atomic E-state index is 0.199. The van der Waals surface area contributed by atoms with E-state index in [1.54, 1.807) is 0 Å². The molecule has 0 amide bonds. The first-order valence-corrected chi connectivity index (χ1v) is 5.82. The molecule has 0 fully saturated rings. The van der Waals surface area contributed by atoms with Gasteiger partial charge in [-0.2, -0.15) is 0 Å². The maximum Gasteiger partial charge on any atom is 0.171 e. The fourth-order valence-electron chi connectivity index (χ4n) is 1.43. The third-order valence-corrected chi connectivity index (χ3v) is 2.05. The van der Waals surface area contributed by atoms with E-state index in [9.17, 15) is 0 Å². The Labute approximate surface area is 107 Å². The first-order valence-electron chi connectivity index (χ1n) is 5.82. The van der Waals surface area contributed by atoms with Gasteiger partial charge in [0.05, 0.1) is 5.60 Å². The van der Waals surface area contributed by atoms with Crippen LogP contribution in [-0.4, -0.2) is 18.4 Å². The van der Waals surface area contributed by atoms with E-state index in [4.69, 9.17) is 15.0 Å². The minimum atomic E-state index is -0.629. The molecule has 1 atom stereocenters. The Morgan fingerprint density at radius 3 is 2.67 bits per heavy atom. The Hall–Kier alpha value is -1.71. The third-order valence-electron chi connectivity index (χ3n) is 2.05. The van der Waals surface area contributed by atoms with Crippen LogP contribution in [0.25, 0.3) is 10.4 Å². The topological polar surface area (TPSA) is 67.2 Å². The predicted octanol–water partition coefficient (Wildman–Crippen LogP) is 3.83. The number of hydrogen-bond donors (Lipinski definition) is 0. The lowest BCUT2D eigenvalue weighted by atomic mass is 10.2. The summed E-state index contributed by atoms with van der Waals surface area (Å²) in [6.45, 7) is 7.90. The lowest BCUT2D eigenvalue weighted by molar-refractivity contribution is -0.0723. The van der Waals surface area contributed by atoms with Crippen LogP contribution in [0.15, 0.2) is 29.4 Å². The Balaban J connectivity index is 2.60. The van der Waals surface area contributed by atoms with Crippen LogP contribution in [0.2, 0.25) is 0 Å². The lowest BCUT2D eigenvalue weighted by Crippen LogP contribution is -2.30. The van der Waals surface area contributed by atoms with Gasteiger partial charge in [0.1, 0.15) is 12.4 Å². The van der Waals surface area contributed by atoms with Crippen molar-refractivity contribution in [2.45, 2.75) is 39.5 Å². The van der Waals surface area contributed by atoms with Crippen LogP contribution in [0.5, 0.6) is 5.75 Å². The summed E-state index contributed by atoms with van der Waals surface area (Å²) in [5.74, 6) is 0.741. The predicted molar refractivity (Wildman–Crippen MR) is 70.4 cm³/mol. The van der Waals surface area contributed by atoms with E-state index < -0.39 is 6.23 Å². The number of benzene rings is 1. The number of aryl methyl sites for hydroxylation is 1. The van der Waals surface area contributed by atoms with Crippen molar-refractivity contribution in [1.29, 1.82) is 0 Å². The summed E-state index contributed by atoms with van der Waals surface area (Å²) in [7, 11) is 0. The molecule has 98 valence electrons. The Morgan fingerprint density at radius 1 is 1.39 bits per heavy atom. The summed E-state index contributed by atoms with van der Waals surface area (Å²) in [5.41, 5.74) is 9.23. The second-order valence-corrected chi connectivity index (χ2v) is 5.02. The largest absolute Gasteiger partial charge is 0.491 e. The number of hydrogen-bond acceptors (Lipinski definition) is 3. The number of azide groups is 1. The first kappa shape index (κ1) is 14.4. The standard InChI is InChI=1S/C13H19N3O2/c1-10-6-5-7-11(8-10)17-9-12(15-16-14)18-13(2,3)4/h5-8,12H,9H2,1-4H3. The van der Waals surface area contributed by atoms with Crippen LogP contribution >= 0.6 is 0 Å².